The third-order valence-corrected chi connectivity index (χ3v) is 5.58. The van der Waals surface area contributed by atoms with Crippen molar-refractivity contribution in [2.24, 2.45) is 0 Å². The zero-order chi connectivity index (χ0) is 19.2. The number of halogens is 1. The SMILES string of the molecule is C#CCOc1ccc(/C=C2/SC(=S)N(CCc3ccccc3)C2=O)cc1Cl. The summed E-state index contributed by atoms with van der Waals surface area (Å²) in [6, 6.07) is 15.3. The number of nitrogens with zero attached hydrogens (tertiary/aromatic N) is 1. The number of thiocarbonyl (C=S) groups is 1. The molecule has 1 fully saturated rings. The van der Waals surface area contributed by atoms with E-state index in [9.17, 15) is 4.79 Å². The summed E-state index contributed by atoms with van der Waals surface area (Å²) in [6.45, 7) is 0.713. The van der Waals surface area contributed by atoms with Crippen LogP contribution in [0.2, 0.25) is 5.02 Å². The molecule has 0 N–H and O–H groups in total. The Bertz CT molecular complexity index is 935. The van der Waals surface area contributed by atoms with Crippen LogP contribution in [-0.4, -0.2) is 28.3 Å². The van der Waals surface area contributed by atoms with Crippen molar-refractivity contribution in [3.8, 4) is 18.1 Å². The number of carbonyl (C=O) groups is 1. The smallest absolute Gasteiger partial charge is 0.266 e. The topological polar surface area (TPSA) is 29.5 Å². The van der Waals surface area contributed by atoms with E-state index in [4.69, 9.17) is 35.0 Å². The minimum atomic E-state index is -0.0790. The molecule has 1 aliphatic heterocycles. The highest BCUT2D eigenvalue weighted by molar-refractivity contribution is 8.26. The standard InChI is InChI=1S/C21H16ClNO2S2/c1-2-12-25-18-9-8-16(13-17(18)22)14-19-20(24)23(21(26)27-19)11-10-15-6-4-3-5-7-15/h1,3-9,13-14H,10-12H2/b19-14+. The number of amides is 1. The first kappa shape index (κ1) is 19.5. The molecule has 0 bridgehead atoms. The van der Waals surface area contributed by atoms with Crippen molar-refractivity contribution in [2.75, 3.05) is 13.2 Å². The number of rotatable bonds is 6. The predicted octanol–water partition coefficient (Wildman–Crippen LogP) is 4.80. The molecule has 3 nitrogen and oxygen atoms in total. The van der Waals surface area contributed by atoms with Gasteiger partial charge in [-0.1, -0.05) is 77.9 Å². The summed E-state index contributed by atoms with van der Waals surface area (Å²) in [5.41, 5.74) is 1.97. The van der Waals surface area contributed by atoms with Gasteiger partial charge in [0.15, 0.2) is 0 Å². The van der Waals surface area contributed by atoms with Gasteiger partial charge in [0.25, 0.3) is 5.91 Å². The van der Waals surface area contributed by atoms with Crippen molar-refractivity contribution in [2.45, 2.75) is 6.42 Å². The third kappa shape index (κ3) is 4.92. The maximum absolute atomic E-state index is 12.7. The molecule has 0 atom stereocenters. The molecule has 2 aromatic carbocycles. The third-order valence-electron chi connectivity index (χ3n) is 3.91. The molecule has 0 saturated carbocycles. The second-order valence-corrected chi connectivity index (χ2v) is 7.83. The molecule has 0 aliphatic carbocycles. The fourth-order valence-electron chi connectivity index (χ4n) is 2.57. The van der Waals surface area contributed by atoms with Crippen LogP contribution in [0.4, 0.5) is 0 Å². The van der Waals surface area contributed by atoms with Gasteiger partial charge in [-0.05, 0) is 35.8 Å². The average Bonchev–Trinajstić information content (AvgIpc) is 2.93. The van der Waals surface area contributed by atoms with Gasteiger partial charge in [-0.3, -0.25) is 9.69 Å². The Morgan fingerprint density at radius 3 is 2.74 bits per heavy atom. The van der Waals surface area contributed by atoms with Crippen LogP contribution in [0.1, 0.15) is 11.1 Å². The lowest BCUT2D eigenvalue weighted by atomic mass is 10.1. The molecule has 0 aromatic heterocycles. The first-order chi connectivity index (χ1) is 13.1. The summed E-state index contributed by atoms with van der Waals surface area (Å²) < 4.78 is 5.92. The van der Waals surface area contributed by atoms with Gasteiger partial charge >= 0.3 is 0 Å². The fourth-order valence-corrected chi connectivity index (χ4v) is 4.13. The lowest BCUT2D eigenvalue weighted by Gasteiger charge is -2.14. The van der Waals surface area contributed by atoms with E-state index in [2.05, 4.69) is 5.92 Å². The Hall–Kier alpha value is -2.26. The lowest BCUT2D eigenvalue weighted by Crippen LogP contribution is -2.30. The van der Waals surface area contributed by atoms with E-state index in [1.54, 1.807) is 23.1 Å². The molecule has 0 radical (unpaired) electrons. The van der Waals surface area contributed by atoms with E-state index < -0.39 is 0 Å². The summed E-state index contributed by atoms with van der Waals surface area (Å²) in [7, 11) is 0. The molecule has 0 spiro atoms. The van der Waals surface area contributed by atoms with E-state index in [-0.39, 0.29) is 12.5 Å². The van der Waals surface area contributed by atoms with Crippen LogP contribution in [-0.2, 0) is 11.2 Å². The minimum Gasteiger partial charge on any atom is -0.479 e. The Balaban J connectivity index is 1.70. The molecule has 6 heteroatoms. The maximum atomic E-state index is 12.7. The summed E-state index contributed by atoms with van der Waals surface area (Å²) in [5.74, 6) is 2.83. The van der Waals surface area contributed by atoms with Crippen LogP contribution in [0, 0.1) is 12.3 Å². The van der Waals surface area contributed by atoms with Gasteiger partial charge in [0.2, 0.25) is 0 Å². The quantitative estimate of drug-likeness (QED) is 0.386. The van der Waals surface area contributed by atoms with Crippen molar-refractivity contribution >= 4 is 51.9 Å². The number of carbonyl (C=O) groups excluding carboxylic acids is 1. The van der Waals surface area contributed by atoms with Crippen molar-refractivity contribution in [1.29, 1.82) is 0 Å². The van der Waals surface area contributed by atoms with Gasteiger partial charge in [-0.2, -0.15) is 0 Å². The molecule has 1 saturated heterocycles. The molecule has 0 unspecified atom stereocenters. The van der Waals surface area contributed by atoms with Crippen LogP contribution >= 0.6 is 35.6 Å². The predicted molar refractivity (Wildman–Crippen MR) is 116 cm³/mol. The Labute approximate surface area is 173 Å². The monoisotopic (exact) mass is 413 g/mol. The normalized spacial score (nSPS) is 15.3. The zero-order valence-electron chi connectivity index (χ0n) is 14.4. The number of ether oxygens (including phenoxy) is 1. The van der Waals surface area contributed by atoms with E-state index in [1.807, 2.05) is 36.4 Å². The Kier molecular flexibility index (Phi) is 6.57. The van der Waals surface area contributed by atoms with E-state index >= 15 is 0 Å². The first-order valence-corrected chi connectivity index (χ1v) is 9.84. The molecule has 136 valence electrons. The van der Waals surface area contributed by atoms with Gasteiger partial charge in [0.1, 0.15) is 16.7 Å². The molecule has 3 rings (SSSR count). The van der Waals surface area contributed by atoms with Crippen molar-refractivity contribution in [1.82, 2.24) is 4.90 Å². The first-order valence-electron chi connectivity index (χ1n) is 8.23. The number of benzene rings is 2. The summed E-state index contributed by atoms with van der Waals surface area (Å²) >= 11 is 12.9. The molecule has 1 amide bonds. The number of thioether (sulfide) groups is 1. The Morgan fingerprint density at radius 1 is 1.26 bits per heavy atom. The number of hydrogen-bond acceptors (Lipinski definition) is 4. The average molecular weight is 414 g/mol. The largest absolute Gasteiger partial charge is 0.479 e. The van der Waals surface area contributed by atoms with E-state index in [0.717, 1.165) is 12.0 Å². The highest BCUT2D eigenvalue weighted by Gasteiger charge is 2.31. The minimum absolute atomic E-state index is 0.0790. The highest BCUT2D eigenvalue weighted by atomic mass is 35.5. The Morgan fingerprint density at radius 2 is 2.04 bits per heavy atom. The fraction of sp³-hybridized carbons (Fsp3) is 0.143. The molecule has 2 aromatic rings. The second kappa shape index (κ2) is 9.09. The molecule has 27 heavy (non-hydrogen) atoms. The second-order valence-electron chi connectivity index (χ2n) is 5.75. The molecule has 1 aliphatic rings. The van der Waals surface area contributed by atoms with Gasteiger partial charge in [-0.25, -0.2) is 0 Å². The van der Waals surface area contributed by atoms with Crippen molar-refractivity contribution in [3.63, 3.8) is 0 Å². The van der Waals surface area contributed by atoms with Crippen LogP contribution in [0.15, 0.2) is 53.4 Å². The number of terminal acetylenes is 1. The van der Waals surface area contributed by atoms with Crippen LogP contribution in [0.3, 0.4) is 0 Å². The molecule has 1 heterocycles. The molecular formula is C21H16ClNO2S2. The van der Waals surface area contributed by atoms with E-state index in [1.165, 1.54) is 17.3 Å². The number of hydrogen-bond donors (Lipinski definition) is 0. The zero-order valence-corrected chi connectivity index (χ0v) is 16.7. The van der Waals surface area contributed by atoms with Gasteiger partial charge < -0.3 is 4.74 Å². The summed E-state index contributed by atoms with van der Waals surface area (Å²) in [6.07, 6.45) is 7.73. The maximum Gasteiger partial charge on any atom is 0.266 e. The summed E-state index contributed by atoms with van der Waals surface area (Å²) in [4.78, 5) is 14.9. The summed E-state index contributed by atoms with van der Waals surface area (Å²) in [5, 5.41) is 0.443. The van der Waals surface area contributed by atoms with Gasteiger partial charge in [0, 0.05) is 6.54 Å². The highest BCUT2D eigenvalue weighted by Crippen LogP contribution is 2.34. The van der Waals surface area contributed by atoms with Crippen LogP contribution < -0.4 is 4.74 Å². The van der Waals surface area contributed by atoms with Crippen LogP contribution in [0.5, 0.6) is 5.75 Å². The van der Waals surface area contributed by atoms with Crippen molar-refractivity contribution < 1.29 is 9.53 Å². The van der Waals surface area contributed by atoms with Crippen LogP contribution in [0.25, 0.3) is 6.08 Å². The lowest BCUT2D eigenvalue weighted by molar-refractivity contribution is -0.122. The van der Waals surface area contributed by atoms with E-state index in [0.29, 0.717) is 26.5 Å². The van der Waals surface area contributed by atoms with Crippen molar-refractivity contribution in [3.05, 3.63) is 69.6 Å². The van der Waals surface area contributed by atoms with Gasteiger partial charge in [0.05, 0.1) is 9.93 Å². The van der Waals surface area contributed by atoms with Gasteiger partial charge in [-0.15, -0.1) is 6.42 Å². The molecular weight excluding hydrogens is 398 g/mol.